The van der Waals surface area contributed by atoms with Gasteiger partial charge in [0.2, 0.25) is 0 Å². The summed E-state index contributed by atoms with van der Waals surface area (Å²) in [6.45, 7) is 2.18. The lowest BCUT2D eigenvalue weighted by atomic mass is 10.1. The topological polar surface area (TPSA) is 81.2 Å². The van der Waals surface area contributed by atoms with E-state index in [1.165, 1.54) is 6.26 Å². The molecule has 1 aromatic carbocycles. The molecule has 0 spiro atoms. The van der Waals surface area contributed by atoms with Crippen molar-refractivity contribution < 1.29 is 9.45 Å². The second-order valence-corrected chi connectivity index (χ2v) is 3.62. The number of nitrogens with zero attached hydrogens (tertiary/aromatic N) is 2. The standard InChI is InChI=1S/C11H11N3O3/c1-8-2-3-9(6-10(8)14(15)16)7-12-11-4-5-17-13-11/h2-6H,7H2,1H3,(H,12,13). The largest absolute Gasteiger partial charge is 0.363 e. The zero-order chi connectivity index (χ0) is 12.3. The van der Waals surface area contributed by atoms with E-state index < -0.39 is 0 Å². The van der Waals surface area contributed by atoms with Gasteiger partial charge in [0.05, 0.1) is 4.92 Å². The van der Waals surface area contributed by atoms with Gasteiger partial charge in [-0.3, -0.25) is 10.1 Å². The van der Waals surface area contributed by atoms with Gasteiger partial charge in [-0.1, -0.05) is 17.3 Å². The first kappa shape index (κ1) is 11.1. The molecular weight excluding hydrogens is 222 g/mol. The van der Waals surface area contributed by atoms with E-state index in [2.05, 4.69) is 15.0 Å². The van der Waals surface area contributed by atoms with E-state index in [1.54, 1.807) is 25.1 Å². The van der Waals surface area contributed by atoms with Gasteiger partial charge in [-0.2, -0.15) is 0 Å². The van der Waals surface area contributed by atoms with Crippen molar-refractivity contribution in [2.24, 2.45) is 0 Å². The van der Waals surface area contributed by atoms with Crippen LogP contribution in [0.25, 0.3) is 0 Å². The molecule has 0 aliphatic rings. The highest BCUT2D eigenvalue weighted by Crippen LogP contribution is 2.19. The minimum atomic E-state index is -0.380. The minimum absolute atomic E-state index is 0.129. The zero-order valence-electron chi connectivity index (χ0n) is 9.21. The van der Waals surface area contributed by atoms with Crippen molar-refractivity contribution in [3.63, 3.8) is 0 Å². The van der Waals surface area contributed by atoms with Crippen molar-refractivity contribution in [2.75, 3.05) is 5.32 Å². The molecule has 6 heteroatoms. The number of nitro benzene ring substituents is 1. The second-order valence-electron chi connectivity index (χ2n) is 3.62. The van der Waals surface area contributed by atoms with Crippen LogP contribution in [0.3, 0.4) is 0 Å². The molecule has 0 saturated carbocycles. The molecule has 0 saturated heterocycles. The first-order chi connectivity index (χ1) is 8.16. The predicted molar refractivity (Wildman–Crippen MR) is 61.7 cm³/mol. The summed E-state index contributed by atoms with van der Waals surface area (Å²) in [7, 11) is 0. The van der Waals surface area contributed by atoms with Crippen LogP contribution in [0, 0.1) is 17.0 Å². The summed E-state index contributed by atoms with van der Waals surface area (Å²) < 4.78 is 4.66. The van der Waals surface area contributed by atoms with Crippen molar-refractivity contribution in [1.82, 2.24) is 5.16 Å². The fourth-order valence-electron chi connectivity index (χ4n) is 1.46. The van der Waals surface area contributed by atoms with E-state index in [4.69, 9.17) is 0 Å². The Morgan fingerprint density at radius 3 is 2.94 bits per heavy atom. The average Bonchev–Trinajstić information content (AvgIpc) is 2.80. The van der Waals surface area contributed by atoms with Crippen LogP contribution in [0.15, 0.2) is 35.1 Å². The summed E-state index contributed by atoms with van der Waals surface area (Å²) in [6, 6.07) is 6.82. The van der Waals surface area contributed by atoms with Crippen LogP contribution in [0.2, 0.25) is 0 Å². The Labute approximate surface area is 97.4 Å². The van der Waals surface area contributed by atoms with Crippen LogP contribution in [0.1, 0.15) is 11.1 Å². The Morgan fingerprint density at radius 1 is 1.47 bits per heavy atom. The van der Waals surface area contributed by atoms with E-state index in [9.17, 15) is 10.1 Å². The van der Waals surface area contributed by atoms with Crippen molar-refractivity contribution in [3.8, 4) is 0 Å². The number of benzene rings is 1. The molecule has 6 nitrogen and oxygen atoms in total. The number of hydrogen-bond acceptors (Lipinski definition) is 5. The molecule has 88 valence electrons. The Hall–Kier alpha value is -2.37. The number of hydrogen-bond donors (Lipinski definition) is 1. The number of aryl methyl sites for hydroxylation is 1. The van der Waals surface area contributed by atoms with Crippen LogP contribution in [-0.2, 0) is 6.54 Å². The van der Waals surface area contributed by atoms with Gasteiger partial charge in [0.1, 0.15) is 6.26 Å². The van der Waals surface area contributed by atoms with E-state index in [1.807, 2.05) is 6.07 Å². The molecule has 2 aromatic rings. The van der Waals surface area contributed by atoms with E-state index in [0.29, 0.717) is 17.9 Å². The summed E-state index contributed by atoms with van der Waals surface area (Å²) in [4.78, 5) is 10.4. The molecule has 0 aliphatic heterocycles. The molecule has 1 aromatic heterocycles. The summed E-state index contributed by atoms with van der Waals surface area (Å²) in [5.41, 5.74) is 1.61. The smallest absolute Gasteiger partial charge is 0.272 e. The molecule has 17 heavy (non-hydrogen) atoms. The third-order valence-electron chi connectivity index (χ3n) is 2.38. The third-order valence-corrected chi connectivity index (χ3v) is 2.38. The summed E-state index contributed by atoms with van der Waals surface area (Å²) >= 11 is 0. The van der Waals surface area contributed by atoms with Gasteiger partial charge in [0.25, 0.3) is 5.69 Å². The van der Waals surface area contributed by atoms with E-state index >= 15 is 0 Å². The van der Waals surface area contributed by atoms with Crippen molar-refractivity contribution in [1.29, 1.82) is 0 Å². The van der Waals surface area contributed by atoms with Crippen LogP contribution in [0.5, 0.6) is 0 Å². The number of anilines is 1. The highest BCUT2D eigenvalue weighted by molar-refractivity contribution is 5.43. The quantitative estimate of drug-likeness (QED) is 0.648. The maximum absolute atomic E-state index is 10.8. The van der Waals surface area contributed by atoms with Crippen molar-refractivity contribution in [3.05, 3.63) is 51.8 Å². The average molecular weight is 233 g/mol. The first-order valence-electron chi connectivity index (χ1n) is 5.05. The summed E-state index contributed by atoms with van der Waals surface area (Å²) in [5.74, 6) is 0.605. The van der Waals surface area contributed by atoms with E-state index in [0.717, 1.165) is 5.56 Å². The normalized spacial score (nSPS) is 10.2. The van der Waals surface area contributed by atoms with Gasteiger partial charge in [-0.15, -0.1) is 0 Å². The maximum Gasteiger partial charge on any atom is 0.272 e. The Morgan fingerprint density at radius 2 is 2.29 bits per heavy atom. The molecule has 0 amide bonds. The lowest BCUT2D eigenvalue weighted by Gasteiger charge is -2.04. The van der Waals surface area contributed by atoms with Crippen LogP contribution in [0.4, 0.5) is 11.5 Å². The Bertz CT molecular complexity index is 523. The lowest BCUT2D eigenvalue weighted by molar-refractivity contribution is -0.385. The number of nitrogens with one attached hydrogen (secondary N) is 1. The number of rotatable bonds is 4. The second kappa shape index (κ2) is 4.65. The molecule has 0 radical (unpaired) electrons. The molecule has 0 unspecified atom stereocenters. The van der Waals surface area contributed by atoms with Gasteiger partial charge < -0.3 is 9.84 Å². The third kappa shape index (κ3) is 2.60. The Balaban J connectivity index is 2.11. The number of nitro groups is 1. The molecule has 2 rings (SSSR count). The molecular formula is C11H11N3O3. The maximum atomic E-state index is 10.8. The first-order valence-corrected chi connectivity index (χ1v) is 5.05. The molecule has 1 N–H and O–H groups in total. The van der Waals surface area contributed by atoms with Crippen LogP contribution < -0.4 is 5.32 Å². The SMILES string of the molecule is Cc1ccc(CNc2ccon2)cc1[N+](=O)[O-]. The molecule has 0 atom stereocenters. The van der Waals surface area contributed by atoms with Gasteiger partial charge in [-0.25, -0.2) is 0 Å². The minimum Gasteiger partial charge on any atom is -0.363 e. The van der Waals surface area contributed by atoms with Crippen LogP contribution >= 0.6 is 0 Å². The molecule has 0 bridgehead atoms. The zero-order valence-corrected chi connectivity index (χ0v) is 9.21. The molecule has 1 heterocycles. The highest BCUT2D eigenvalue weighted by atomic mass is 16.6. The highest BCUT2D eigenvalue weighted by Gasteiger charge is 2.10. The predicted octanol–water partition coefficient (Wildman–Crippen LogP) is 2.50. The molecule has 0 fully saturated rings. The summed E-state index contributed by atoms with van der Waals surface area (Å²) in [5, 5.41) is 17.5. The monoisotopic (exact) mass is 233 g/mol. The van der Waals surface area contributed by atoms with Gasteiger partial charge >= 0.3 is 0 Å². The van der Waals surface area contributed by atoms with E-state index in [-0.39, 0.29) is 10.6 Å². The van der Waals surface area contributed by atoms with Gasteiger partial charge in [-0.05, 0) is 12.5 Å². The Kier molecular flexibility index (Phi) is 3.04. The van der Waals surface area contributed by atoms with Gasteiger partial charge in [0.15, 0.2) is 5.82 Å². The van der Waals surface area contributed by atoms with Crippen molar-refractivity contribution >= 4 is 11.5 Å². The molecule has 0 aliphatic carbocycles. The van der Waals surface area contributed by atoms with Gasteiger partial charge in [0, 0.05) is 24.2 Å². The lowest BCUT2D eigenvalue weighted by Crippen LogP contribution is -2.01. The summed E-state index contributed by atoms with van der Waals surface area (Å²) in [6.07, 6.45) is 1.46. The van der Waals surface area contributed by atoms with Crippen LogP contribution in [-0.4, -0.2) is 10.1 Å². The number of aromatic nitrogens is 1. The fraction of sp³-hybridized carbons (Fsp3) is 0.182. The van der Waals surface area contributed by atoms with Crippen molar-refractivity contribution in [2.45, 2.75) is 13.5 Å². The fourth-order valence-corrected chi connectivity index (χ4v) is 1.46.